The molecule has 1 unspecified atom stereocenters. The number of allylic oxidation sites excluding steroid dienone is 1. The molecule has 0 saturated heterocycles. The Morgan fingerprint density at radius 1 is 1.20 bits per heavy atom. The van der Waals surface area contributed by atoms with Gasteiger partial charge in [-0.25, -0.2) is 4.79 Å². The van der Waals surface area contributed by atoms with Crippen molar-refractivity contribution in [1.29, 1.82) is 5.26 Å². The van der Waals surface area contributed by atoms with Crippen LogP contribution in [-0.2, 0) is 20.9 Å². The van der Waals surface area contributed by atoms with Gasteiger partial charge in [0, 0.05) is 18.0 Å². The molecule has 0 bridgehead atoms. The molecule has 3 rings (SSSR count). The molecule has 0 spiro atoms. The van der Waals surface area contributed by atoms with Gasteiger partial charge in [0.25, 0.3) is 0 Å². The fourth-order valence-corrected chi connectivity index (χ4v) is 3.84. The van der Waals surface area contributed by atoms with Gasteiger partial charge in [-0.2, -0.15) is 5.26 Å². The minimum atomic E-state index is -0.391. The van der Waals surface area contributed by atoms with E-state index in [1.54, 1.807) is 30.0 Å². The largest absolute Gasteiger partial charge is 0.460 e. The van der Waals surface area contributed by atoms with Crippen molar-refractivity contribution in [3.8, 4) is 6.07 Å². The van der Waals surface area contributed by atoms with E-state index in [0.29, 0.717) is 23.4 Å². The summed E-state index contributed by atoms with van der Waals surface area (Å²) in [6.45, 7) is 7.72. The van der Waals surface area contributed by atoms with Crippen LogP contribution in [0.5, 0.6) is 0 Å². The Balaban J connectivity index is 2.04. The van der Waals surface area contributed by atoms with E-state index in [-0.39, 0.29) is 24.3 Å². The number of ether oxygens (including phenoxy) is 1. The second-order valence-corrected chi connectivity index (χ2v) is 7.92. The lowest BCUT2D eigenvalue weighted by Crippen LogP contribution is -2.38. The van der Waals surface area contributed by atoms with E-state index >= 15 is 0 Å². The SMILES string of the molecule is CC1=C(C(=O)OC(C)C)C(c2cccc(C)c2)CC(=O)N1Cc1cccc(C#N)c1. The van der Waals surface area contributed by atoms with Gasteiger partial charge in [0.05, 0.1) is 29.9 Å². The van der Waals surface area contributed by atoms with Gasteiger partial charge < -0.3 is 9.64 Å². The molecule has 0 radical (unpaired) electrons. The van der Waals surface area contributed by atoms with E-state index in [9.17, 15) is 9.59 Å². The van der Waals surface area contributed by atoms with Crippen molar-refractivity contribution < 1.29 is 14.3 Å². The van der Waals surface area contributed by atoms with Gasteiger partial charge in [-0.1, -0.05) is 42.0 Å². The Kier molecular flexibility index (Phi) is 6.37. The number of hydrogen-bond donors (Lipinski definition) is 0. The summed E-state index contributed by atoms with van der Waals surface area (Å²) in [5.41, 5.74) is 4.51. The first-order valence-corrected chi connectivity index (χ1v) is 10.1. The van der Waals surface area contributed by atoms with Crippen LogP contribution >= 0.6 is 0 Å². The summed E-state index contributed by atoms with van der Waals surface area (Å²) >= 11 is 0. The van der Waals surface area contributed by atoms with Gasteiger partial charge in [-0.3, -0.25) is 4.79 Å². The number of nitriles is 1. The fraction of sp³-hybridized carbons (Fsp3) is 0.320. The average molecular weight is 402 g/mol. The average Bonchev–Trinajstić information content (AvgIpc) is 2.70. The molecule has 154 valence electrons. The summed E-state index contributed by atoms with van der Waals surface area (Å²) in [4.78, 5) is 27.8. The third-order valence-electron chi connectivity index (χ3n) is 5.23. The molecule has 2 aromatic carbocycles. The van der Waals surface area contributed by atoms with Crippen molar-refractivity contribution in [2.45, 2.75) is 52.7 Å². The first-order valence-electron chi connectivity index (χ1n) is 10.1. The number of carbonyl (C=O) groups is 2. The molecule has 1 amide bonds. The second-order valence-electron chi connectivity index (χ2n) is 7.92. The Morgan fingerprint density at radius 2 is 1.93 bits per heavy atom. The van der Waals surface area contributed by atoms with Crippen molar-refractivity contribution in [1.82, 2.24) is 4.90 Å². The molecule has 1 aliphatic rings. The maximum atomic E-state index is 13.1. The predicted molar refractivity (Wildman–Crippen MR) is 114 cm³/mol. The molecule has 0 saturated carbocycles. The van der Waals surface area contributed by atoms with Gasteiger partial charge in [-0.05, 0) is 51.0 Å². The topological polar surface area (TPSA) is 70.4 Å². The number of rotatable bonds is 5. The number of nitrogens with zero attached hydrogens (tertiary/aromatic N) is 2. The van der Waals surface area contributed by atoms with Gasteiger partial charge >= 0.3 is 5.97 Å². The quantitative estimate of drug-likeness (QED) is 0.685. The fourth-order valence-electron chi connectivity index (χ4n) is 3.84. The standard InChI is InChI=1S/C25H26N2O3/c1-16(2)30-25(29)24-18(4)27(15-20-9-6-8-19(12-20)14-26)23(28)13-22(24)21-10-5-7-17(3)11-21/h5-12,16,22H,13,15H2,1-4H3. The zero-order valence-corrected chi connectivity index (χ0v) is 17.8. The highest BCUT2D eigenvalue weighted by molar-refractivity contribution is 5.96. The molecule has 0 aromatic heterocycles. The number of benzene rings is 2. The maximum Gasteiger partial charge on any atom is 0.336 e. The highest BCUT2D eigenvalue weighted by Crippen LogP contribution is 2.38. The molecule has 5 nitrogen and oxygen atoms in total. The van der Waals surface area contributed by atoms with Gasteiger partial charge in [0.2, 0.25) is 5.91 Å². The number of esters is 1. The zero-order valence-electron chi connectivity index (χ0n) is 17.8. The van der Waals surface area contributed by atoms with Gasteiger partial charge in [0.1, 0.15) is 0 Å². The third-order valence-corrected chi connectivity index (χ3v) is 5.23. The van der Waals surface area contributed by atoms with Crippen LogP contribution in [0.25, 0.3) is 0 Å². The molecular formula is C25H26N2O3. The molecule has 0 fully saturated rings. The summed E-state index contributed by atoms with van der Waals surface area (Å²) in [5.74, 6) is -0.787. The molecular weight excluding hydrogens is 376 g/mol. The third kappa shape index (κ3) is 4.60. The van der Waals surface area contributed by atoms with Crippen molar-refractivity contribution in [3.63, 3.8) is 0 Å². The van der Waals surface area contributed by atoms with Crippen LogP contribution in [0, 0.1) is 18.3 Å². The molecule has 2 aromatic rings. The number of carbonyl (C=O) groups excluding carboxylic acids is 2. The lowest BCUT2D eigenvalue weighted by molar-refractivity contribution is -0.143. The van der Waals surface area contributed by atoms with Crippen LogP contribution in [0.15, 0.2) is 59.8 Å². The number of hydrogen-bond acceptors (Lipinski definition) is 4. The summed E-state index contributed by atoms with van der Waals surface area (Å²) in [6.07, 6.45) is -0.0595. The molecule has 30 heavy (non-hydrogen) atoms. The minimum absolute atomic E-state index is 0.0533. The Morgan fingerprint density at radius 3 is 2.60 bits per heavy atom. The van der Waals surface area contributed by atoms with Gasteiger partial charge in [0.15, 0.2) is 0 Å². The summed E-state index contributed by atoms with van der Waals surface area (Å²) in [6, 6.07) is 17.2. The summed E-state index contributed by atoms with van der Waals surface area (Å²) in [7, 11) is 0. The lowest BCUT2D eigenvalue weighted by Gasteiger charge is -2.35. The number of amides is 1. The Hall–Kier alpha value is -3.39. The molecule has 1 heterocycles. The monoisotopic (exact) mass is 402 g/mol. The van der Waals surface area contributed by atoms with Crippen molar-refractivity contribution >= 4 is 11.9 Å². The van der Waals surface area contributed by atoms with E-state index < -0.39 is 5.97 Å². The summed E-state index contributed by atoms with van der Waals surface area (Å²) < 4.78 is 5.53. The second kappa shape index (κ2) is 8.96. The van der Waals surface area contributed by atoms with Crippen LogP contribution in [-0.4, -0.2) is 22.9 Å². The van der Waals surface area contributed by atoms with Crippen LogP contribution in [0.2, 0.25) is 0 Å². The van der Waals surface area contributed by atoms with E-state index in [0.717, 1.165) is 16.7 Å². The molecule has 1 atom stereocenters. The minimum Gasteiger partial charge on any atom is -0.460 e. The van der Waals surface area contributed by atoms with Crippen molar-refractivity contribution in [2.75, 3.05) is 0 Å². The van der Waals surface area contributed by atoms with E-state index in [1.165, 1.54) is 0 Å². The van der Waals surface area contributed by atoms with Crippen LogP contribution in [0.4, 0.5) is 0 Å². The van der Waals surface area contributed by atoms with Crippen LogP contribution in [0.1, 0.15) is 55.4 Å². The summed E-state index contributed by atoms with van der Waals surface area (Å²) in [5, 5.41) is 9.15. The highest BCUT2D eigenvalue weighted by Gasteiger charge is 2.37. The number of aryl methyl sites for hydroxylation is 1. The Bertz CT molecular complexity index is 1050. The van der Waals surface area contributed by atoms with Crippen LogP contribution < -0.4 is 0 Å². The normalized spacial score (nSPS) is 16.6. The smallest absolute Gasteiger partial charge is 0.336 e. The lowest BCUT2D eigenvalue weighted by atomic mass is 9.83. The first kappa shape index (κ1) is 21.3. The molecule has 5 heteroatoms. The van der Waals surface area contributed by atoms with E-state index in [2.05, 4.69) is 6.07 Å². The Labute approximate surface area is 177 Å². The van der Waals surface area contributed by atoms with Crippen molar-refractivity contribution in [3.05, 3.63) is 82.1 Å². The van der Waals surface area contributed by atoms with Gasteiger partial charge in [-0.15, -0.1) is 0 Å². The zero-order chi connectivity index (χ0) is 21.8. The molecule has 0 aliphatic carbocycles. The van der Waals surface area contributed by atoms with Crippen molar-refractivity contribution in [2.24, 2.45) is 0 Å². The first-order chi connectivity index (χ1) is 14.3. The molecule has 0 N–H and O–H groups in total. The van der Waals surface area contributed by atoms with Crippen LogP contribution in [0.3, 0.4) is 0 Å². The highest BCUT2D eigenvalue weighted by atomic mass is 16.5. The maximum absolute atomic E-state index is 13.1. The predicted octanol–water partition coefficient (Wildman–Crippen LogP) is 4.61. The van der Waals surface area contributed by atoms with E-state index in [1.807, 2.05) is 51.1 Å². The molecule has 1 aliphatic heterocycles. The van der Waals surface area contributed by atoms with E-state index in [4.69, 9.17) is 10.00 Å².